The highest BCUT2D eigenvalue weighted by Crippen LogP contribution is 2.27. The Labute approximate surface area is 217 Å². The second kappa shape index (κ2) is 12.8. The number of hydrogen-bond donors (Lipinski definition) is 3. The minimum Gasteiger partial charge on any atom is -0.494 e. The number of ether oxygens (including phenoxy) is 1. The fraction of sp³-hybridized carbons (Fsp3) is 0.200. The van der Waals surface area contributed by atoms with Crippen LogP contribution in [0.1, 0.15) is 22.8 Å². The Hall–Kier alpha value is -4.26. The molecule has 0 atom stereocenters. The van der Waals surface area contributed by atoms with Crippen LogP contribution >= 0.6 is 0 Å². The van der Waals surface area contributed by atoms with E-state index in [0.29, 0.717) is 24.6 Å². The van der Waals surface area contributed by atoms with Gasteiger partial charge in [0.05, 0.1) is 22.8 Å². The topological polar surface area (TPSA) is 133 Å². The van der Waals surface area contributed by atoms with Crippen LogP contribution in [0, 0.1) is 0 Å². The lowest BCUT2D eigenvalue weighted by Crippen LogP contribution is -2.21. The van der Waals surface area contributed by atoms with Gasteiger partial charge in [0.15, 0.2) is 0 Å². The molecule has 3 aromatic rings. The summed E-state index contributed by atoms with van der Waals surface area (Å²) >= 11 is 0. The molecule has 0 spiro atoms. The first-order valence-electron chi connectivity index (χ1n) is 10.9. The molecule has 3 rings (SSSR count). The number of alkyl halides is 3. The van der Waals surface area contributed by atoms with Crippen LogP contribution in [0.3, 0.4) is 0 Å². The maximum atomic E-state index is 12.7. The van der Waals surface area contributed by atoms with Crippen molar-refractivity contribution in [2.45, 2.75) is 24.5 Å². The Morgan fingerprint density at radius 1 is 0.974 bits per heavy atom. The van der Waals surface area contributed by atoms with Crippen molar-refractivity contribution in [1.82, 2.24) is 0 Å². The summed E-state index contributed by atoms with van der Waals surface area (Å²) in [4.78, 5) is 22.6. The van der Waals surface area contributed by atoms with Crippen LogP contribution in [0.25, 0.3) is 0 Å². The molecule has 0 saturated heterocycles. The van der Waals surface area contributed by atoms with Crippen molar-refractivity contribution < 1.29 is 46.1 Å². The number of aromatic carboxylic acids is 1. The summed E-state index contributed by atoms with van der Waals surface area (Å²) in [5.74, 6) is -3.33. The zero-order valence-electron chi connectivity index (χ0n) is 20.3. The number of sulfonamides is 1. The van der Waals surface area contributed by atoms with Gasteiger partial charge in [-0.3, -0.25) is 4.72 Å². The number of halogens is 3. The highest BCUT2D eigenvalue weighted by molar-refractivity contribution is 7.92. The van der Waals surface area contributed by atoms with E-state index in [-0.39, 0.29) is 16.1 Å². The number of hydrogen-bond acceptors (Lipinski definition) is 6. The van der Waals surface area contributed by atoms with Gasteiger partial charge in [-0.05, 0) is 55.0 Å². The van der Waals surface area contributed by atoms with Crippen molar-refractivity contribution in [2.75, 3.05) is 23.3 Å². The minimum absolute atomic E-state index is 0.00493. The fourth-order valence-corrected chi connectivity index (χ4v) is 4.19. The maximum absolute atomic E-state index is 12.7. The Bertz CT molecular complexity index is 1350. The summed E-state index contributed by atoms with van der Waals surface area (Å²) in [6.07, 6.45) is -5.08. The monoisotopic (exact) mass is 554 g/mol. The second-order valence-corrected chi connectivity index (χ2v) is 9.37. The first-order chi connectivity index (χ1) is 17.7. The quantitative estimate of drug-likeness (QED) is 0.342. The number of nitrogens with zero attached hydrogens (tertiary/aromatic N) is 1. The van der Waals surface area contributed by atoms with Crippen LogP contribution < -0.4 is 14.4 Å². The number of aliphatic carboxylic acids is 1. The van der Waals surface area contributed by atoms with Crippen LogP contribution in [0.15, 0.2) is 77.7 Å². The maximum Gasteiger partial charge on any atom is 0.490 e. The molecule has 9 nitrogen and oxygen atoms in total. The molecule has 0 aromatic heterocycles. The lowest BCUT2D eigenvalue weighted by atomic mass is 10.1. The second-order valence-electron chi connectivity index (χ2n) is 7.69. The number of anilines is 2. The van der Waals surface area contributed by atoms with Crippen molar-refractivity contribution in [1.29, 1.82) is 0 Å². The molecule has 0 unspecified atom stereocenters. The lowest BCUT2D eigenvalue weighted by Gasteiger charge is -2.22. The predicted molar refractivity (Wildman–Crippen MR) is 134 cm³/mol. The third-order valence-electron chi connectivity index (χ3n) is 4.84. The van der Waals surface area contributed by atoms with E-state index in [9.17, 15) is 31.5 Å². The van der Waals surface area contributed by atoms with Crippen molar-refractivity contribution in [3.8, 4) is 5.75 Å². The molecule has 0 fully saturated rings. The van der Waals surface area contributed by atoms with E-state index in [1.165, 1.54) is 18.2 Å². The van der Waals surface area contributed by atoms with Gasteiger partial charge >= 0.3 is 18.1 Å². The van der Waals surface area contributed by atoms with Crippen molar-refractivity contribution in [2.24, 2.45) is 0 Å². The van der Waals surface area contributed by atoms with Gasteiger partial charge in [0.25, 0.3) is 10.0 Å². The van der Waals surface area contributed by atoms with Crippen LogP contribution in [0.5, 0.6) is 5.75 Å². The Morgan fingerprint density at radius 3 is 2.05 bits per heavy atom. The molecular weight excluding hydrogens is 529 g/mol. The SMILES string of the molecule is CCOc1ccc(S(=O)(=O)Nc2ccc(N(C)Cc3ccccc3)c(C(=O)O)c2)cc1.O=C(O)C(F)(F)F. The van der Waals surface area contributed by atoms with Crippen LogP contribution in [0.4, 0.5) is 24.5 Å². The molecule has 0 amide bonds. The molecule has 0 aliphatic rings. The highest BCUT2D eigenvalue weighted by atomic mass is 32.2. The van der Waals surface area contributed by atoms with E-state index < -0.39 is 28.1 Å². The third kappa shape index (κ3) is 8.69. The molecule has 0 saturated carbocycles. The summed E-state index contributed by atoms with van der Waals surface area (Å²) in [6, 6.07) is 20.2. The molecule has 0 aliphatic carbocycles. The molecule has 0 bridgehead atoms. The molecule has 0 aliphatic heterocycles. The number of nitrogens with one attached hydrogen (secondary N) is 1. The number of carboxylic acids is 2. The van der Waals surface area contributed by atoms with Gasteiger partial charge in [-0.15, -0.1) is 0 Å². The average Bonchev–Trinajstić information content (AvgIpc) is 2.84. The summed E-state index contributed by atoms with van der Waals surface area (Å²) in [7, 11) is -2.09. The molecule has 38 heavy (non-hydrogen) atoms. The van der Waals surface area contributed by atoms with Crippen molar-refractivity contribution in [3.05, 3.63) is 83.9 Å². The van der Waals surface area contributed by atoms with E-state index >= 15 is 0 Å². The summed E-state index contributed by atoms with van der Waals surface area (Å²) in [5.41, 5.74) is 1.69. The molecular formula is C25H25F3N2O7S. The van der Waals surface area contributed by atoms with E-state index in [1.54, 1.807) is 31.3 Å². The number of carbonyl (C=O) groups is 2. The van der Waals surface area contributed by atoms with Gasteiger partial charge in [0.1, 0.15) is 5.75 Å². The van der Waals surface area contributed by atoms with Gasteiger partial charge in [-0.2, -0.15) is 13.2 Å². The normalized spacial score (nSPS) is 11.1. The molecule has 3 aromatic carbocycles. The Kier molecular flexibility index (Phi) is 10.1. The zero-order valence-corrected chi connectivity index (χ0v) is 21.1. The van der Waals surface area contributed by atoms with E-state index in [0.717, 1.165) is 5.56 Å². The first-order valence-corrected chi connectivity index (χ1v) is 12.4. The largest absolute Gasteiger partial charge is 0.494 e. The molecule has 204 valence electrons. The number of rotatable bonds is 9. The van der Waals surface area contributed by atoms with Crippen molar-refractivity contribution in [3.63, 3.8) is 0 Å². The standard InChI is InChI=1S/C23H24N2O5S.C2HF3O2/c1-3-30-19-10-12-20(13-11-19)31(28,29)24-18-9-14-22(21(15-18)23(26)27)25(2)16-17-7-5-4-6-8-17;3-2(4,5)1(6)7/h4-15,24H,3,16H2,1-2H3,(H,26,27);(H,6,7). The van der Waals surface area contributed by atoms with Gasteiger partial charge in [0.2, 0.25) is 0 Å². The number of carboxylic acid groups (broad SMARTS) is 2. The summed E-state index contributed by atoms with van der Waals surface area (Å²) < 4.78 is 64.9. The van der Waals surface area contributed by atoms with Gasteiger partial charge in [-0.1, -0.05) is 30.3 Å². The Morgan fingerprint density at radius 2 is 1.55 bits per heavy atom. The Balaban J connectivity index is 0.000000638. The molecule has 0 heterocycles. The third-order valence-corrected chi connectivity index (χ3v) is 6.24. The highest BCUT2D eigenvalue weighted by Gasteiger charge is 2.38. The van der Waals surface area contributed by atoms with Crippen molar-refractivity contribution >= 4 is 33.3 Å². The molecule has 13 heteroatoms. The van der Waals surface area contributed by atoms with Crippen LogP contribution in [-0.4, -0.2) is 50.4 Å². The first kappa shape index (κ1) is 30.0. The van der Waals surface area contributed by atoms with Gasteiger partial charge in [0, 0.05) is 19.3 Å². The predicted octanol–water partition coefficient (Wildman–Crippen LogP) is 4.85. The van der Waals surface area contributed by atoms with E-state index in [2.05, 4.69) is 4.72 Å². The lowest BCUT2D eigenvalue weighted by molar-refractivity contribution is -0.192. The number of benzene rings is 3. The van der Waals surface area contributed by atoms with E-state index in [1.807, 2.05) is 42.2 Å². The fourth-order valence-electron chi connectivity index (χ4n) is 3.14. The van der Waals surface area contributed by atoms with E-state index in [4.69, 9.17) is 14.6 Å². The van der Waals surface area contributed by atoms with Crippen LogP contribution in [0.2, 0.25) is 0 Å². The smallest absolute Gasteiger partial charge is 0.490 e. The van der Waals surface area contributed by atoms with Gasteiger partial charge in [-0.25, -0.2) is 18.0 Å². The zero-order chi connectivity index (χ0) is 28.5. The molecule has 0 radical (unpaired) electrons. The average molecular weight is 555 g/mol. The summed E-state index contributed by atoms with van der Waals surface area (Å²) in [5, 5.41) is 16.8. The van der Waals surface area contributed by atoms with Crippen LogP contribution in [-0.2, 0) is 21.4 Å². The summed E-state index contributed by atoms with van der Waals surface area (Å²) in [6.45, 7) is 2.83. The van der Waals surface area contributed by atoms with Gasteiger partial charge < -0.3 is 19.8 Å². The molecule has 3 N–H and O–H groups in total. The minimum atomic E-state index is -5.08.